The molecule has 1 saturated carbocycles. The number of tetrazole rings is 1. The molecule has 3 aliphatic rings. The van der Waals surface area contributed by atoms with Crippen molar-refractivity contribution < 1.29 is 0 Å². The lowest BCUT2D eigenvalue weighted by molar-refractivity contribution is 0.133. The van der Waals surface area contributed by atoms with Crippen LogP contribution in [0, 0.1) is 0 Å². The lowest BCUT2D eigenvalue weighted by atomic mass is 9.72. The van der Waals surface area contributed by atoms with Crippen molar-refractivity contribution >= 4 is 10.9 Å². The number of aryl methyl sites for hydroxylation is 1. The van der Waals surface area contributed by atoms with E-state index in [0.29, 0.717) is 23.9 Å². The number of rotatable bonds is 2. The summed E-state index contributed by atoms with van der Waals surface area (Å²) < 4.78 is 4.49. The van der Waals surface area contributed by atoms with Crippen molar-refractivity contribution in [2.75, 3.05) is 13.6 Å². The van der Waals surface area contributed by atoms with Crippen LogP contribution in [0.25, 0.3) is 10.9 Å². The van der Waals surface area contributed by atoms with Gasteiger partial charge >= 0.3 is 0 Å². The van der Waals surface area contributed by atoms with Crippen LogP contribution < -0.4 is 0 Å². The molecule has 3 heterocycles. The normalized spacial score (nSPS) is 28.0. The molecule has 1 aromatic carbocycles. The van der Waals surface area contributed by atoms with E-state index in [0.717, 1.165) is 25.2 Å². The number of aromatic nitrogens is 5. The van der Waals surface area contributed by atoms with Gasteiger partial charge in [-0.25, -0.2) is 4.68 Å². The van der Waals surface area contributed by atoms with Crippen LogP contribution in [-0.4, -0.2) is 49.3 Å². The summed E-state index contributed by atoms with van der Waals surface area (Å²) in [7, 11) is 4.47. The van der Waals surface area contributed by atoms with Gasteiger partial charge in [0.25, 0.3) is 0 Å². The molecule has 0 radical (unpaired) electrons. The summed E-state index contributed by atoms with van der Waals surface area (Å²) in [4.78, 5) is 2.58. The summed E-state index contributed by atoms with van der Waals surface area (Å²) in [6, 6.07) is 7.93. The van der Waals surface area contributed by atoms with E-state index in [-0.39, 0.29) is 0 Å². The largest absolute Gasteiger partial charge is 0.350 e. The molecular weight excluding hydrogens is 360 g/mol. The third-order valence-corrected chi connectivity index (χ3v) is 7.84. The molecule has 3 atom stereocenters. The van der Waals surface area contributed by atoms with Gasteiger partial charge < -0.3 is 9.47 Å². The van der Waals surface area contributed by atoms with Crippen LogP contribution in [0.4, 0.5) is 0 Å². The molecule has 0 bridgehead atoms. The fourth-order valence-electron chi connectivity index (χ4n) is 6.46. The van der Waals surface area contributed by atoms with Crippen molar-refractivity contribution in [2.24, 2.45) is 7.05 Å². The zero-order valence-corrected chi connectivity index (χ0v) is 17.5. The van der Waals surface area contributed by atoms with Crippen LogP contribution in [-0.2, 0) is 13.5 Å². The maximum absolute atomic E-state index is 4.56. The fraction of sp³-hybridized carbons (Fsp3) is 0.609. The SMILES string of the molecule is CN1C[C@H](c2nnnn2C2CCCCC2)C[C@@H]2c3cccc4c3c(cn4C)C[C@H]21. The van der Waals surface area contributed by atoms with Gasteiger partial charge in [0.1, 0.15) is 0 Å². The van der Waals surface area contributed by atoms with E-state index in [1.165, 1.54) is 54.1 Å². The zero-order chi connectivity index (χ0) is 19.5. The third-order valence-electron chi connectivity index (χ3n) is 7.84. The minimum absolute atomic E-state index is 0.402. The second-order valence-electron chi connectivity index (χ2n) is 9.53. The predicted octanol–water partition coefficient (Wildman–Crippen LogP) is 3.80. The molecule has 0 spiro atoms. The first-order chi connectivity index (χ1) is 14.2. The van der Waals surface area contributed by atoms with Crippen molar-refractivity contribution in [3.63, 3.8) is 0 Å². The first kappa shape index (κ1) is 17.6. The number of hydrogen-bond donors (Lipinski definition) is 0. The van der Waals surface area contributed by atoms with Gasteiger partial charge in [-0.15, -0.1) is 5.10 Å². The van der Waals surface area contributed by atoms with E-state index in [2.05, 4.69) is 68.2 Å². The summed E-state index contributed by atoms with van der Waals surface area (Å²) in [6.07, 6.45) is 11.0. The van der Waals surface area contributed by atoms with Crippen LogP contribution in [0.2, 0.25) is 0 Å². The minimum Gasteiger partial charge on any atom is -0.350 e. The van der Waals surface area contributed by atoms with Gasteiger partial charge in [0, 0.05) is 48.6 Å². The van der Waals surface area contributed by atoms with E-state index in [9.17, 15) is 0 Å². The Morgan fingerprint density at radius 2 is 1.93 bits per heavy atom. The Morgan fingerprint density at radius 1 is 1.07 bits per heavy atom. The number of benzene rings is 1. The van der Waals surface area contributed by atoms with E-state index in [4.69, 9.17) is 0 Å². The molecule has 2 aliphatic carbocycles. The van der Waals surface area contributed by atoms with Gasteiger partial charge in [0.15, 0.2) is 5.82 Å². The van der Waals surface area contributed by atoms with Gasteiger partial charge in [0.2, 0.25) is 0 Å². The second kappa shape index (κ2) is 6.66. The number of likely N-dealkylation sites (N-methyl/N-ethyl adjacent to an activating group) is 1. The Labute approximate surface area is 171 Å². The lowest BCUT2D eigenvalue weighted by Gasteiger charge is -2.45. The Morgan fingerprint density at radius 3 is 2.79 bits per heavy atom. The highest BCUT2D eigenvalue weighted by atomic mass is 15.6. The first-order valence-electron chi connectivity index (χ1n) is 11.3. The molecular formula is C23H30N6. The number of fused-ring (bicyclic) bond motifs is 2. The molecule has 152 valence electrons. The van der Waals surface area contributed by atoms with Gasteiger partial charge in [-0.05, 0) is 60.4 Å². The first-order valence-corrected chi connectivity index (χ1v) is 11.3. The molecule has 6 nitrogen and oxygen atoms in total. The number of nitrogens with zero attached hydrogens (tertiary/aromatic N) is 6. The molecule has 0 unspecified atom stereocenters. The van der Waals surface area contributed by atoms with Crippen molar-refractivity contribution in [3.05, 3.63) is 41.3 Å². The molecule has 0 N–H and O–H groups in total. The second-order valence-corrected chi connectivity index (χ2v) is 9.53. The van der Waals surface area contributed by atoms with Crippen LogP contribution in [0.1, 0.15) is 73.4 Å². The van der Waals surface area contributed by atoms with Crippen molar-refractivity contribution in [3.8, 4) is 0 Å². The Hall–Kier alpha value is -2.21. The Bertz CT molecular complexity index is 1040. The van der Waals surface area contributed by atoms with Crippen molar-refractivity contribution in [1.29, 1.82) is 0 Å². The van der Waals surface area contributed by atoms with Gasteiger partial charge in [-0.3, -0.25) is 0 Å². The monoisotopic (exact) mass is 390 g/mol. The van der Waals surface area contributed by atoms with E-state index >= 15 is 0 Å². The topological polar surface area (TPSA) is 51.8 Å². The lowest BCUT2D eigenvalue weighted by Crippen LogP contribution is -2.47. The van der Waals surface area contributed by atoms with Gasteiger partial charge in [-0.1, -0.05) is 31.4 Å². The van der Waals surface area contributed by atoms with Crippen LogP contribution in [0.15, 0.2) is 24.4 Å². The highest BCUT2D eigenvalue weighted by Crippen LogP contribution is 2.47. The highest BCUT2D eigenvalue weighted by Gasteiger charge is 2.41. The Balaban J connectivity index is 1.38. The van der Waals surface area contributed by atoms with Crippen LogP contribution in [0.3, 0.4) is 0 Å². The molecule has 3 aromatic rings. The maximum Gasteiger partial charge on any atom is 0.155 e. The molecule has 2 aromatic heterocycles. The molecule has 1 saturated heterocycles. The molecule has 1 aliphatic heterocycles. The predicted molar refractivity (Wildman–Crippen MR) is 113 cm³/mol. The third kappa shape index (κ3) is 2.68. The number of likely N-dealkylation sites (tertiary alicyclic amines) is 1. The smallest absolute Gasteiger partial charge is 0.155 e. The minimum atomic E-state index is 0.402. The van der Waals surface area contributed by atoms with Crippen molar-refractivity contribution in [2.45, 2.75) is 68.9 Å². The summed E-state index contributed by atoms with van der Waals surface area (Å²) in [5.74, 6) is 2.07. The van der Waals surface area contributed by atoms with Crippen molar-refractivity contribution in [1.82, 2.24) is 29.7 Å². The average Bonchev–Trinajstić information content (AvgIpc) is 3.36. The molecule has 6 heteroatoms. The molecule has 0 amide bonds. The summed E-state index contributed by atoms with van der Waals surface area (Å²) in [6.45, 7) is 1.05. The zero-order valence-electron chi connectivity index (χ0n) is 17.5. The number of piperidine rings is 1. The van der Waals surface area contributed by atoms with Crippen LogP contribution >= 0.6 is 0 Å². The Kier molecular flexibility index (Phi) is 4.05. The van der Waals surface area contributed by atoms with E-state index in [1.54, 1.807) is 0 Å². The molecule has 2 fully saturated rings. The molecule has 6 rings (SSSR count). The summed E-state index contributed by atoms with van der Waals surface area (Å²) >= 11 is 0. The summed E-state index contributed by atoms with van der Waals surface area (Å²) in [5.41, 5.74) is 4.41. The highest BCUT2D eigenvalue weighted by molar-refractivity contribution is 5.89. The summed E-state index contributed by atoms with van der Waals surface area (Å²) in [5, 5.41) is 14.6. The van der Waals surface area contributed by atoms with E-state index in [1.807, 2.05) is 0 Å². The van der Waals surface area contributed by atoms with Gasteiger partial charge in [0.05, 0.1) is 6.04 Å². The standard InChI is InChI=1S/C23H30N6/c1-27-13-15-12-21-19(18-9-6-10-20(27)22(15)18)11-16(14-28(21)2)23-24-25-26-29(23)17-7-4-3-5-8-17/h6,9-10,13,16-17,19,21H,3-5,7-8,11-12,14H2,1-2H3/t16-,19-,21-/m1/s1. The maximum atomic E-state index is 4.56. The number of hydrogen-bond acceptors (Lipinski definition) is 4. The average molecular weight is 391 g/mol. The van der Waals surface area contributed by atoms with E-state index < -0.39 is 0 Å². The quantitative estimate of drug-likeness (QED) is 0.668. The van der Waals surface area contributed by atoms with Crippen LogP contribution in [0.5, 0.6) is 0 Å². The fourth-order valence-corrected chi connectivity index (χ4v) is 6.46. The van der Waals surface area contributed by atoms with Gasteiger partial charge in [-0.2, -0.15) is 0 Å². The molecule has 29 heavy (non-hydrogen) atoms.